The predicted molar refractivity (Wildman–Crippen MR) is 59.8 cm³/mol. The number of hydrogen-bond donors (Lipinski definition) is 0. The highest BCUT2D eigenvalue weighted by Gasteiger charge is 2.24. The summed E-state index contributed by atoms with van der Waals surface area (Å²) in [6.07, 6.45) is -1.60. The smallest absolute Gasteiger partial charge is 0.300 e. The van der Waals surface area contributed by atoms with Crippen molar-refractivity contribution in [3.8, 4) is 5.75 Å². The number of alkyl halides is 2. The van der Waals surface area contributed by atoms with Gasteiger partial charge in [0.1, 0.15) is 5.75 Å². The Morgan fingerprint density at radius 3 is 2.71 bits per heavy atom. The van der Waals surface area contributed by atoms with Gasteiger partial charge in [0.15, 0.2) is 0 Å². The number of hydrogen-bond acceptors (Lipinski definition) is 2. The minimum atomic E-state index is -3.01. The first-order valence-electron chi connectivity index (χ1n) is 5.00. The number of halogens is 2. The highest BCUT2D eigenvalue weighted by atomic mass is 19.3. The molecule has 90 valence electrons. The SMILES string of the molecule is COc1cccc2c1c(C(=O)C(F)F)cn2C. The number of rotatable bonds is 3. The molecule has 17 heavy (non-hydrogen) atoms. The van der Waals surface area contributed by atoms with E-state index in [9.17, 15) is 13.6 Å². The summed E-state index contributed by atoms with van der Waals surface area (Å²) in [6.45, 7) is 0. The molecule has 0 radical (unpaired) electrons. The standard InChI is InChI=1S/C12H11F2NO2/c1-15-6-7(11(16)12(13)14)10-8(15)4-3-5-9(10)17-2/h3-6,12H,1-2H3. The van der Waals surface area contributed by atoms with Gasteiger partial charge in [0.2, 0.25) is 5.78 Å². The molecule has 1 aromatic carbocycles. The fourth-order valence-electron chi connectivity index (χ4n) is 1.89. The number of fused-ring (bicyclic) bond motifs is 1. The molecule has 0 amide bonds. The van der Waals surface area contributed by atoms with E-state index in [1.54, 1.807) is 29.8 Å². The van der Waals surface area contributed by atoms with Crippen molar-refractivity contribution in [2.45, 2.75) is 6.43 Å². The average molecular weight is 239 g/mol. The van der Waals surface area contributed by atoms with E-state index in [4.69, 9.17) is 4.74 Å². The Bertz CT molecular complexity index is 575. The number of aromatic nitrogens is 1. The molecule has 0 aliphatic heterocycles. The van der Waals surface area contributed by atoms with Gasteiger partial charge in [-0.15, -0.1) is 0 Å². The summed E-state index contributed by atoms with van der Waals surface area (Å²) in [7, 11) is 3.14. The molecule has 0 aliphatic carbocycles. The number of methoxy groups -OCH3 is 1. The number of ether oxygens (including phenoxy) is 1. The number of benzene rings is 1. The Morgan fingerprint density at radius 1 is 1.41 bits per heavy atom. The number of aryl methyl sites for hydroxylation is 1. The van der Waals surface area contributed by atoms with E-state index in [1.165, 1.54) is 13.3 Å². The maximum Gasteiger partial charge on any atom is 0.300 e. The second-order valence-corrected chi connectivity index (χ2v) is 3.67. The monoisotopic (exact) mass is 239 g/mol. The largest absolute Gasteiger partial charge is 0.496 e. The third-order valence-electron chi connectivity index (χ3n) is 2.66. The van der Waals surface area contributed by atoms with Crippen LogP contribution in [0, 0.1) is 0 Å². The number of carbonyl (C=O) groups is 1. The van der Waals surface area contributed by atoms with Crippen LogP contribution < -0.4 is 4.74 Å². The summed E-state index contributed by atoms with van der Waals surface area (Å²) in [4.78, 5) is 11.4. The Labute approximate surface area is 96.6 Å². The van der Waals surface area contributed by atoms with Gasteiger partial charge in [0.25, 0.3) is 0 Å². The van der Waals surface area contributed by atoms with Crippen molar-refractivity contribution < 1.29 is 18.3 Å². The minimum absolute atomic E-state index is 0.00468. The molecule has 1 heterocycles. The highest BCUT2D eigenvalue weighted by molar-refractivity contribution is 6.11. The molecular formula is C12H11F2NO2. The van der Waals surface area contributed by atoms with Crippen LogP contribution in [0.2, 0.25) is 0 Å². The zero-order valence-corrected chi connectivity index (χ0v) is 9.41. The van der Waals surface area contributed by atoms with Gasteiger partial charge in [-0.25, -0.2) is 8.78 Å². The quantitative estimate of drug-likeness (QED) is 0.771. The van der Waals surface area contributed by atoms with Crippen LogP contribution in [0.5, 0.6) is 5.75 Å². The zero-order valence-electron chi connectivity index (χ0n) is 9.41. The predicted octanol–water partition coefficient (Wildman–Crippen LogP) is 2.63. The summed E-state index contributed by atoms with van der Waals surface area (Å²) >= 11 is 0. The average Bonchev–Trinajstić information content (AvgIpc) is 2.66. The van der Waals surface area contributed by atoms with Gasteiger partial charge < -0.3 is 9.30 Å². The van der Waals surface area contributed by atoms with Crippen LogP contribution >= 0.6 is 0 Å². The number of ketones is 1. The van der Waals surface area contributed by atoms with Crippen molar-refractivity contribution in [3.05, 3.63) is 30.0 Å². The van der Waals surface area contributed by atoms with Gasteiger partial charge >= 0.3 is 6.43 Å². The molecule has 5 heteroatoms. The van der Waals surface area contributed by atoms with Crippen LogP contribution in [0.3, 0.4) is 0 Å². The lowest BCUT2D eigenvalue weighted by atomic mass is 10.1. The first kappa shape index (κ1) is 11.6. The third-order valence-corrected chi connectivity index (χ3v) is 2.66. The minimum Gasteiger partial charge on any atom is -0.496 e. The van der Waals surface area contributed by atoms with Gasteiger partial charge in [-0.3, -0.25) is 4.79 Å². The molecule has 0 aliphatic rings. The normalized spacial score (nSPS) is 11.1. The molecule has 0 N–H and O–H groups in total. The Balaban J connectivity index is 2.76. The highest BCUT2D eigenvalue weighted by Crippen LogP contribution is 2.31. The number of Topliss-reactive ketones (excluding diaryl/α,β-unsaturated/α-hetero) is 1. The zero-order chi connectivity index (χ0) is 12.6. The lowest BCUT2D eigenvalue weighted by molar-refractivity contribution is 0.0680. The van der Waals surface area contributed by atoms with Crippen molar-refractivity contribution in [1.29, 1.82) is 0 Å². The fourth-order valence-corrected chi connectivity index (χ4v) is 1.89. The second kappa shape index (κ2) is 4.16. The Morgan fingerprint density at radius 2 is 2.12 bits per heavy atom. The molecule has 0 atom stereocenters. The molecule has 2 rings (SSSR count). The van der Waals surface area contributed by atoms with Gasteiger partial charge in [0.05, 0.1) is 23.6 Å². The lowest BCUT2D eigenvalue weighted by Crippen LogP contribution is -2.09. The van der Waals surface area contributed by atoms with Gasteiger partial charge in [-0.05, 0) is 12.1 Å². The Kier molecular flexibility index (Phi) is 2.83. The molecule has 0 unspecified atom stereocenters. The lowest BCUT2D eigenvalue weighted by Gasteiger charge is -2.04. The summed E-state index contributed by atoms with van der Waals surface area (Å²) in [5.41, 5.74) is 0.684. The van der Waals surface area contributed by atoms with Crippen molar-refractivity contribution in [1.82, 2.24) is 4.57 Å². The maximum absolute atomic E-state index is 12.5. The molecule has 0 fully saturated rings. The van der Waals surface area contributed by atoms with Crippen LogP contribution in [0.1, 0.15) is 10.4 Å². The molecular weight excluding hydrogens is 228 g/mol. The van der Waals surface area contributed by atoms with Crippen LogP contribution in [-0.2, 0) is 7.05 Å². The molecule has 0 saturated carbocycles. The van der Waals surface area contributed by atoms with E-state index in [2.05, 4.69) is 0 Å². The summed E-state index contributed by atoms with van der Waals surface area (Å²) in [5.74, 6) is -0.757. The van der Waals surface area contributed by atoms with Crippen LogP contribution in [0.4, 0.5) is 8.78 Å². The molecule has 0 spiro atoms. The van der Waals surface area contributed by atoms with Crippen molar-refractivity contribution in [2.75, 3.05) is 7.11 Å². The fraction of sp³-hybridized carbons (Fsp3) is 0.250. The molecule has 3 nitrogen and oxygen atoms in total. The third kappa shape index (κ3) is 1.77. The van der Waals surface area contributed by atoms with Gasteiger partial charge in [-0.1, -0.05) is 6.07 Å². The molecule has 2 aromatic rings. The van der Waals surface area contributed by atoms with Crippen LogP contribution in [0.25, 0.3) is 10.9 Å². The van der Waals surface area contributed by atoms with Crippen LogP contribution in [0.15, 0.2) is 24.4 Å². The van der Waals surface area contributed by atoms with E-state index in [-0.39, 0.29) is 5.56 Å². The van der Waals surface area contributed by atoms with E-state index in [0.717, 1.165) is 0 Å². The van der Waals surface area contributed by atoms with Crippen molar-refractivity contribution >= 4 is 16.7 Å². The second-order valence-electron chi connectivity index (χ2n) is 3.67. The van der Waals surface area contributed by atoms with Gasteiger partial charge in [-0.2, -0.15) is 0 Å². The summed E-state index contributed by atoms with van der Waals surface area (Å²) in [6, 6.07) is 5.14. The first-order valence-corrected chi connectivity index (χ1v) is 5.00. The van der Waals surface area contributed by atoms with Crippen molar-refractivity contribution in [3.63, 3.8) is 0 Å². The van der Waals surface area contributed by atoms with E-state index >= 15 is 0 Å². The van der Waals surface area contributed by atoms with E-state index in [1.807, 2.05) is 0 Å². The number of carbonyl (C=O) groups excluding carboxylic acids is 1. The number of nitrogens with zero attached hydrogens (tertiary/aromatic N) is 1. The van der Waals surface area contributed by atoms with Crippen LogP contribution in [-0.4, -0.2) is 23.9 Å². The first-order chi connectivity index (χ1) is 8.06. The maximum atomic E-state index is 12.5. The Hall–Kier alpha value is -1.91. The van der Waals surface area contributed by atoms with Crippen molar-refractivity contribution in [2.24, 2.45) is 7.05 Å². The summed E-state index contributed by atoms with van der Waals surface area (Å²) < 4.78 is 31.7. The molecule has 0 saturated heterocycles. The van der Waals surface area contributed by atoms with Gasteiger partial charge in [0, 0.05) is 13.2 Å². The topological polar surface area (TPSA) is 31.2 Å². The molecule has 1 aromatic heterocycles. The molecule has 0 bridgehead atoms. The summed E-state index contributed by atoms with van der Waals surface area (Å²) in [5, 5.41) is 0.433. The van der Waals surface area contributed by atoms with E-state index < -0.39 is 12.2 Å². The van der Waals surface area contributed by atoms with E-state index in [0.29, 0.717) is 16.7 Å².